The highest BCUT2D eigenvalue weighted by atomic mass is 79.9. The van der Waals surface area contributed by atoms with Crippen LogP contribution in [0.3, 0.4) is 0 Å². The summed E-state index contributed by atoms with van der Waals surface area (Å²) in [4.78, 5) is 11.6. The van der Waals surface area contributed by atoms with Crippen molar-refractivity contribution in [1.82, 2.24) is 0 Å². The Morgan fingerprint density at radius 2 is 2.11 bits per heavy atom. The molecule has 0 bridgehead atoms. The van der Waals surface area contributed by atoms with Gasteiger partial charge in [-0.25, -0.2) is 4.39 Å². The van der Waals surface area contributed by atoms with E-state index in [9.17, 15) is 14.3 Å². The number of nitrogens with two attached hydrogens (primary N) is 1. The summed E-state index contributed by atoms with van der Waals surface area (Å²) in [6, 6.07) is 1.71. The molecule has 1 aromatic carbocycles. The Hall–Kier alpha value is -1.14. The number of ether oxygens (including phenoxy) is 1. The molecule has 0 fully saturated rings. The van der Waals surface area contributed by atoms with Crippen molar-refractivity contribution < 1.29 is 19.0 Å². The van der Waals surface area contributed by atoms with Gasteiger partial charge in [0.2, 0.25) is 0 Å². The zero-order valence-corrected chi connectivity index (χ0v) is 11.9. The molecular weight excluding hydrogens is 305 g/mol. The van der Waals surface area contributed by atoms with E-state index in [1.54, 1.807) is 13.8 Å². The number of esters is 1. The Bertz CT molecular complexity index is 477. The Morgan fingerprint density at radius 1 is 1.56 bits per heavy atom. The molecule has 0 saturated carbocycles. The van der Waals surface area contributed by atoms with E-state index < -0.39 is 23.2 Å². The van der Waals surface area contributed by atoms with Crippen LogP contribution in [0.4, 0.5) is 4.39 Å². The predicted octanol–water partition coefficient (Wildman–Crippen LogP) is 2.49. The molecule has 0 heterocycles. The summed E-state index contributed by atoms with van der Waals surface area (Å²) >= 11 is 2.92. The molecule has 0 aliphatic rings. The van der Waals surface area contributed by atoms with Gasteiger partial charge < -0.3 is 15.6 Å². The summed E-state index contributed by atoms with van der Waals surface area (Å²) in [6.45, 7) is 3.19. The highest BCUT2D eigenvalue weighted by molar-refractivity contribution is 9.10. The fourth-order valence-corrected chi connectivity index (χ4v) is 1.95. The van der Waals surface area contributed by atoms with Crippen molar-refractivity contribution >= 4 is 21.9 Å². The zero-order valence-electron chi connectivity index (χ0n) is 10.3. The van der Waals surface area contributed by atoms with Crippen LogP contribution in [0.5, 0.6) is 5.75 Å². The van der Waals surface area contributed by atoms with Crippen molar-refractivity contribution in [1.29, 1.82) is 0 Å². The summed E-state index contributed by atoms with van der Waals surface area (Å²) in [7, 11) is 1.26. The number of phenolic OH excluding ortho intramolecular Hbond substituents is 1. The van der Waals surface area contributed by atoms with E-state index in [1.165, 1.54) is 19.2 Å². The Balaban J connectivity index is 3.23. The van der Waals surface area contributed by atoms with Crippen molar-refractivity contribution in [3.05, 3.63) is 28.0 Å². The SMILES string of the molecule is COC(=O)C(C)(C)[C@@H](N)c1ccc(F)c(Br)c1O. The third-order valence-electron chi connectivity index (χ3n) is 2.92. The van der Waals surface area contributed by atoms with Gasteiger partial charge in [-0.3, -0.25) is 4.79 Å². The van der Waals surface area contributed by atoms with Gasteiger partial charge in [0.25, 0.3) is 0 Å². The van der Waals surface area contributed by atoms with Crippen LogP contribution in [0.15, 0.2) is 16.6 Å². The van der Waals surface area contributed by atoms with Gasteiger partial charge in [0.1, 0.15) is 11.6 Å². The summed E-state index contributed by atoms with van der Waals surface area (Å²) < 4.78 is 17.8. The summed E-state index contributed by atoms with van der Waals surface area (Å²) in [5, 5.41) is 9.85. The molecule has 100 valence electrons. The number of phenols is 1. The number of benzene rings is 1. The summed E-state index contributed by atoms with van der Waals surface area (Å²) in [5.41, 5.74) is 5.20. The van der Waals surface area contributed by atoms with Crippen LogP contribution in [0.25, 0.3) is 0 Å². The number of hydrogen-bond acceptors (Lipinski definition) is 4. The zero-order chi connectivity index (χ0) is 14.1. The lowest BCUT2D eigenvalue weighted by molar-refractivity contribution is -0.152. The fraction of sp³-hybridized carbons (Fsp3) is 0.417. The quantitative estimate of drug-likeness (QED) is 0.839. The van der Waals surface area contributed by atoms with Crippen molar-refractivity contribution in [2.75, 3.05) is 7.11 Å². The van der Waals surface area contributed by atoms with Gasteiger partial charge in [0.05, 0.1) is 17.0 Å². The Kier molecular flexibility index (Phi) is 4.34. The van der Waals surface area contributed by atoms with E-state index in [0.717, 1.165) is 0 Å². The van der Waals surface area contributed by atoms with Gasteiger partial charge in [-0.15, -0.1) is 0 Å². The number of halogens is 2. The second-order valence-corrected chi connectivity index (χ2v) is 5.28. The van der Waals surface area contributed by atoms with Crippen LogP contribution < -0.4 is 5.73 Å². The summed E-state index contributed by atoms with van der Waals surface area (Å²) in [6.07, 6.45) is 0. The molecule has 18 heavy (non-hydrogen) atoms. The van der Waals surface area contributed by atoms with Crippen LogP contribution >= 0.6 is 15.9 Å². The number of carbonyl (C=O) groups excluding carboxylic acids is 1. The number of rotatable bonds is 3. The third-order valence-corrected chi connectivity index (χ3v) is 3.68. The molecule has 0 amide bonds. The molecule has 3 N–H and O–H groups in total. The minimum Gasteiger partial charge on any atom is -0.506 e. The highest BCUT2D eigenvalue weighted by Crippen LogP contribution is 2.40. The second-order valence-electron chi connectivity index (χ2n) is 4.49. The van der Waals surface area contributed by atoms with E-state index in [-0.39, 0.29) is 15.8 Å². The van der Waals surface area contributed by atoms with Gasteiger partial charge in [-0.1, -0.05) is 6.07 Å². The molecule has 0 spiro atoms. The minimum atomic E-state index is -1.04. The smallest absolute Gasteiger partial charge is 0.313 e. The third kappa shape index (κ3) is 2.49. The second kappa shape index (κ2) is 5.24. The highest BCUT2D eigenvalue weighted by Gasteiger charge is 2.38. The number of aromatic hydroxyl groups is 1. The van der Waals surface area contributed by atoms with Gasteiger partial charge in [0.15, 0.2) is 0 Å². The molecule has 0 aromatic heterocycles. The lowest BCUT2D eigenvalue weighted by Gasteiger charge is -2.29. The van der Waals surface area contributed by atoms with Gasteiger partial charge in [-0.05, 0) is 35.8 Å². The molecule has 1 atom stereocenters. The first-order valence-electron chi connectivity index (χ1n) is 5.24. The first-order valence-corrected chi connectivity index (χ1v) is 6.03. The maximum atomic E-state index is 13.2. The molecular formula is C12H15BrFNO3. The number of hydrogen-bond donors (Lipinski definition) is 2. The van der Waals surface area contributed by atoms with Crippen molar-refractivity contribution in [3.8, 4) is 5.75 Å². The van der Waals surface area contributed by atoms with Crippen LogP contribution in [0, 0.1) is 11.2 Å². The lowest BCUT2D eigenvalue weighted by Crippen LogP contribution is -2.37. The van der Waals surface area contributed by atoms with Gasteiger partial charge in [0, 0.05) is 11.6 Å². The van der Waals surface area contributed by atoms with Crippen LogP contribution in [0.1, 0.15) is 25.5 Å². The maximum Gasteiger partial charge on any atom is 0.313 e. The summed E-state index contributed by atoms with van der Waals surface area (Å²) in [5.74, 6) is -1.41. The molecule has 1 rings (SSSR count). The molecule has 0 saturated heterocycles. The number of carbonyl (C=O) groups is 1. The monoisotopic (exact) mass is 319 g/mol. The lowest BCUT2D eigenvalue weighted by atomic mass is 9.80. The maximum absolute atomic E-state index is 13.2. The first-order chi connectivity index (χ1) is 8.23. The van der Waals surface area contributed by atoms with Crippen molar-refractivity contribution in [2.24, 2.45) is 11.1 Å². The van der Waals surface area contributed by atoms with Crippen LogP contribution in [-0.4, -0.2) is 18.2 Å². The average molecular weight is 320 g/mol. The molecule has 6 heteroatoms. The molecule has 0 aliphatic heterocycles. The Labute approximate surface area is 113 Å². The van der Waals surface area contributed by atoms with Crippen LogP contribution in [-0.2, 0) is 9.53 Å². The molecule has 4 nitrogen and oxygen atoms in total. The van der Waals surface area contributed by atoms with Crippen molar-refractivity contribution in [3.63, 3.8) is 0 Å². The van der Waals surface area contributed by atoms with E-state index in [4.69, 9.17) is 5.73 Å². The molecule has 0 unspecified atom stereocenters. The number of methoxy groups -OCH3 is 1. The van der Waals surface area contributed by atoms with Crippen LogP contribution in [0.2, 0.25) is 0 Å². The van der Waals surface area contributed by atoms with E-state index in [1.807, 2.05) is 0 Å². The molecule has 0 radical (unpaired) electrons. The van der Waals surface area contributed by atoms with E-state index >= 15 is 0 Å². The average Bonchev–Trinajstić information content (AvgIpc) is 2.34. The first kappa shape index (κ1) is 14.9. The van der Waals surface area contributed by atoms with Gasteiger partial charge in [-0.2, -0.15) is 0 Å². The standard InChI is InChI=1S/C12H15BrFNO3/c1-12(2,11(17)18-3)10(15)6-4-5-7(14)8(13)9(6)16/h4-5,10,16H,15H2,1-3H3/t10-/m0/s1. The topological polar surface area (TPSA) is 72.5 Å². The molecule has 1 aromatic rings. The Morgan fingerprint density at radius 3 is 2.61 bits per heavy atom. The van der Waals surface area contributed by atoms with Crippen molar-refractivity contribution in [2.45, 2.75) is 19.9 Å². The normalized spacial score (nSPS) is 13.2. The largest absolute Gasteiger partial charge is 0.506 e. The van der Waals surface area contributed by atoms with E-state index in [2.05, 4.69) is 20.7 Å². The minimum absolute atomic E-state index is 0.0730. The van der Waals surface area contributed by atoms with Gasteiger partial charge >= 0.3 is 5.97 Å². The fourth-order valence-electron chi connectivity index (χ4n) is 1.58. The van der Waals surface area contributed by atoms with E-state index in [0.29, 0.717) is 0 Å². The molecule has 0 aliphatic carbocycles. The predicted molar refractivity (Wildman–Crippen MR) is 68.5 cm³/mol.